The molecule has 0 radical (unpaired) electrons. The number of terminal acetylenes is 1. The van der Waals surface area contributed by atoms with Crippen LogP contribution in [0.5, 0.6) is 11.5 Å². The fourth-order valence-electron chi connectivity index (χ4n) is 3.72. The largest absolute Gasteiger partial charge is 0.498 e. The monoisotopic (exact) mass is 502 g/mol. The minimum absolute atomic E-state index is 0.276. The summed E-state index contributed by atoms with van der Waals surface area (Å²) in [6, 6.07) is 5.13. The number of aliphatic hydroxyl groups excluding tert-OH is 4. The Labute approximate surface area is 213 Å². The first-order valence-corrected chi connectivity index (χ1v) is 12.1. The van der Waals surface area contributed by atoms with Crippen molar-refractivity contribution in [1.82, 2.24) is 0 Å². The van der Waals surface area contributed by atoms with Crippen molar-refractivity contribution >= 4 is 0 Å². The van der Waals surface area contributed by atoms with Crippen molar-refractivity contribution in [2.75, 3.05) is 33.0 Å². The fourth-order valence-corrected chi connectivity index (χ4v) is 3.72. The van der Waals surface area contributed by atoms with Crippen LogP contribution in [0.2, 0.25) is 0 Å². The minimum atomic E-state index is -1.19. The first kappa shape index (κ1) is 29.3. The quantitative estimate of drug-likeness (QED) is 0.322. The van der Waals surface area contributed by atoms with Gasteiger partial charge in [-0.2, -0.15) is 0 Å². The Kier molecular flexibility index (Phi) is 11.8. The summed E-state index contributed by atoms with van der Waals surface area (Å²) in [5, 5.41) is 40.1. The van der Waals surface area contributed by atoms with Gasteiger partial charge in [0.25, 0.3) is 0 Å². The van der Waals surface area contributed by atoms with Crippen molar-refractivity contribution in [2.24, 2.45) is 11.3 Å². The van der Waals surface area contributed by atoms with Crippen LogP contribution in [0.15, 0.2) is 54.5 Å². The Bertz CT molecular complexity index is 947. The highest BCUT2D eigenvalue weighted by Crippen LogP contribution is 2.44. The van der Waals surface area contributed by atoms with Crippen LogP contribution in [0.25, 0.3) is 0 Å². The molecule has 0 saturated heterocycles. The van der Waals surface area contributed by atoms with Gasteiger partial charge in [-0.3, -0.25) is 0 Å². The molecule has 4 N–H and O–H groups in total. The molecule has 1 aliphatic rings. The zero-order valence-electron chi connectivity index (χ0n) is 21.2. The predicted octanol–water partition coefficient (Wildman–Crippen LogP) is 2.88. The van der Waals surface area contributed by atoms with Gasteiger partial charge in [0, 0.05) is 11.6 Å². The zero-order valence-corrected chi connectivity index (χ0v) is 21.2. The van der Waals surface area contributed by atoms with Gasteiger partial charge >= 0.3 is 0 Å². The van der Waals surface area contributed by atoms with Gasteiger partial charge in [-0.1, -0.05) is 18.9 Å². The number of allylic oxidation sites excluding steroid dienone is 3. The van der Waals surface area contributed by atoms with Gasteiger partial charge in [-0.25, -0.2) is 0 Å². The second-order valence-corrected chi connectivity index (χ2v) is 8.73. The summed E-state index contributed by atoms with van der Waals surface area (Å²) in [6.07, 6.45) is 11.4. The van der Waals surface area contributed by atoms with Crippen molar-refractivity contribution in [2.45, 2.75) is 45.5 Å². The average Bonchev–Trinajstić information content (AvgIpc) is 2.90. The molecular formula is C28H38O8. The van der Waals surface area contributed by atoms with Crippen LogP contribution in [-0.4, -0.2) is 65.7 Å². The highest BCUT2D eigenvalue weighted by atomic mass is 16.5. The van der Waals surface area contributed by atoms with Crippen LogP contribution in [0.3, 0.4) is 0 Å². The second-order valence-electron chi connectivity index (χ2n) is 8.73. The second kappa shape index (κ2) is 14.6. The maximum atomic E-state index is 11.5. The molecule has 1 aromatic carbocycles. The maximum absolute atomic E-state index is 11.5. The van der Waals surface area contributed by atoms with Crippen LogP contribution >= 0.6 is 0 Å². The molecule has 1 aromatic rings. The van der Waals surface area contributed by atoms with E-state index in [4.69, 9.17) is 30.5 Å². The van der Waals surface area contributed by atoms with E-state index in [0.29, 0.717) is 48.9 Å². The van der Waals surface area contributed by atoms with E-state index in [0.717, 1.165) is 0 Å². The third-order valence-electron chi connectivity index (χ3n) is 6.15. The summed E-state index contributed by atoms with van der Waals surface area (Å²) < 4.78 is 22.4. The molecule has 5 atom stereocenters. The number of rotatable bonds is 12. The van der Waals surface area contributed by atoms with Crippen molar-refractivity contribution in [3.63, 3.8) is 0 Å². The predicted molar refractivity (Wildman–Crippen MR) is 136 cm³/mol. The van der Waals surface area contributed by atoms with Gasteiger partial charge < -0.3 is 39.4 Å². The van der Waals surface area contributed by atoms with Crippen LogP contribution < -0.4 is 9.47 Å². The molecule has 0 saturated carbocycles. The van der Waals surface area contributed by atoms with E-state index in [1.54, 1.807) is 56.5 Å². The summed E-state index contributed by atoms with van der Waals surface area (Å²) in [6.45, 7) is 6.33. The standard InChI is InChI=1S/C28H38O8/c1-5-28(4,21-8-7-13-33-16-17-34-14-12-21)27(32)23-10-9-22(18-25(23)35-6-2)36-15-11-20(3)26(31)24(30)19-29/h1,7-10,12-14,18,20,24,26-27,29-32H,6,11,15-17,19H2,2-4H3/b13-7+,14-12+,21-8+. The first-order chi connectivity index (χ1) is 17.3. The Balaban J connectivity index is 2.24. The average molecular weight is 503 g/mol. The molecule has 0 aromatic heterocycles. The molecule has 0 aliphatic carbocycles. The Morgan fingerprint density at radius 3 is 2.53 bits per heavy atom. The van der Waals surface area contributed by atoms with Crippen LogP contribution in [0.1, 0.15) is 38.9 Å². The number of ether oxygens (including phenoxy) is 4. The van der Waals surface area contributed by atoms with Gasteiger partial charge in [0.05, 0.1) is 43.9 Å². The molecule has 198 valence electrons. The van der Waals surface area contributed by atoms with Crippen molar-refractivity contribution < 1.29 is 39.4 Å². The molecule has 5 unspecified atom stereocenters. The number of hydrogen-bond acceptors (Lipinski definition) is 8. The smallest absolute Gasteiger partial charge is 0.128 e. The molecule has 0 spiro atoms. The lowest BCUT2D eigenvalue weighted by molar-refractivity contribution is -0.0428. The summed E-state index contributed by atoms with van der Waals surface area (Å²) >= 11 is 0. The maximum Gasteiger partial charge on any atom is 0.128 e. The third-order valence-corrected chi connectivity index (χ3v) is 6.15. The van der Waals surface area contributed by atoms with Crippen LogP contribution in [0, 0.1) is 23.7 Å². The topological polar surface area (TPSA) is 118 Å². The molecule has 0 bridgehead atoms. The summed E-state index contributed by atoms with van der Waals surface area (Å²) in [5.74, 6) is 3.42. The van der Waals surface area contributed by atoms with E-state index in [1.807, 2.05) is 6.92 Å². The van der Waals surface area contributed by atoms with E-state index >= 15 is 0 Å². The Morgan fingerprint density at radius 1 is 1.14 bits per heavy atom. The third kappa shape index (κ3) is 7.77. The van der Waals surface area contributed by atoms with Gasteiger partial charge in [0.1, 0.15) is 36.9 Å². The summed E-state index contributed by atoms with van der Waals surface area (Å²) in [5.41, 5.74) is 0.0446. The molecule has 2 rings (SSSR count). The highest BCUT2D eigenvalue weighted by molar-refractivity contribution is 5.47. The van der Waals surface area contributed by atoms with Gasteiger partial charge in [0.2, 0.25) is 0 Å². The first-order valence-electron chi connectivity index (χ1n) is 12.1. The summed E-state index contributed by atoms with van der Waals surface area (Å²) in [7, 11) is 0. The van der Waals surface area contributed by atoms with Gasteiger partial charge in [-0.05, 0) is 56.0 Å². The molecule has 1 heterocycles. The molecule has 8 heteroatoms. The Morgan fingerprint density at radius 2 is 1.86 bits per heavy atom. The molecule has 1 aliphatic heterocycles. The number of aliphatic hydroxyl groups is 4. The van der Waals surface area contributed by atoms with E-state index in [1.165, 1.54) is 6.26 Å². The SMILES string of the molecule is C#CC(C)(C1=C/C=C/OCCO\C=C\1)C(O)c1ccc(OCCC(C)C(O)C(O)CO)cc1OCC. The molecular weight excluding hydrogens is 464 g/mol. The molecule has 8 nitrogen and oxygen atoms in total. The van der Waals surface area contributed by atoms with Crippen molar-refractivity contribution in [3.8, 4) is 23.8 Å². The van der Waals surface area contributed by atoms with E-state index in [-0.39, 0.29) is 12.5 Å². The van der Waals surface area contributed by atoms with Crippen LogP contribution in [-0.2, 0) is 9.47 Å². The van der Waals surface area contributed by atoms with Crippen LogP contribution in [0.4, 0.5) is 0 Å². The summed E-state index contributed by atoms with van der Waals surface area (Å²) in [4.78, 5) is 0. The van der Waals surface area contributed by atoms with Crippen molar-refractivity contribution in [3.05, 3.63) is 60.1 Å². The normalized spacial score (nSPS) is 22.0. The molecule has 0 fully saturated rings. The van der Waals surface area contributed by atoms with Crippen molar-refractivity contribution in [1.29, 1.82) is 0 Å². The van der Waals surface area contributed by atoms with Gasteiger partial charge in [-0.15, -0.1) is 6.42 Å². The highest BCUT2D eigenvalue weighted by Gasteiger charge is 2.37. The molecule has 36 heavy (non-hydrogen) atoms. The lowest BCUT2D eigenvalue weighted by Crippen LogP contribution is -2.35. The lowest BCUT2D eigenvalue weighted by Gasteiger charge is -2.32. The molecule has 0 amide bonds. The van der Waals surface area contributed by atoms with E-state index in [9.17, 15) is 15.3 Å². The zero-order chi connectivity index (χ0) is 26.6. The van der Waals surface area contributed by atoms with E-state index < -0.39 is 30.3 Å². The van der Waals surface area contributed by atoms with E-state index in [2.05, 4.69) is 5.92 Å². The fraction of sp³-hybridized carbons (Fsp3) is 0.500. The van der Waals surface area contributed by atoms with Gasteiger partial charge in [0.15, 0.2) is 0 Å². The number of benzene rings is 1. The minimum Gasteiger partial charge on any atom is -0.498 e. The lowest BCUT2D eigenvalue weighted by atomic mass is 9.74. The Hall–Kier alpha value is -2.96. The number of hydrogen-bond donors (Lipinski definition) is 4.